The summed E-state index contributed by atoms with van der Waals surface area (Å²) in [6, 6.07) is 5.09. The van der Waals surface area contributed by atoms with Crippen molar-refractivity contribution in [1.29, 1.82) is 0 Å². The third-order valence-electron chi connectivity index (χ3n) is 4.40. The monoisotopic (exact) mass is 430 g/mol. The van der Waals surface area contributed by atoms with Gasteiger partial charge in [-0.15, -0.1) is 11.8 Å². The van der Waals surface area contributed by atoms with Crippen molar-refractivity contribution in [2.75, 3.05) is 42.8 Å². The van der Waals surface area contributed by atoms with Crippen LogP contribution in [0.4, 0.5) is 0 Å². The van der Waals surface area contributed by atoms with Gasteiger partial charge < -0.3 is 9.64 Å². The van der Waals surface area contributed by atoms with E-state index in [-0.39, 0.29) is 28.8 Å². The van der Waals surface area contributed by atoms with Crippen molar-refractivity contribution >= 4 is 45.4 Å². The number of hydrogen-bond acceptors (Lipinski definition) is 7. The van der Waals surface area contributed by atoms with Crippen LogP contribution in [0.25, 0.3) is 0 Å². The molecular weight excluding hydrogens is 408 g/mol. The molecule has 0 spiro atoms. The zero-order chi connectivity index (χ0) is 19.4. The Bertz CT molecular complexity index is 809. The van der Waals surface area contributed by atoms with Crippen molar-refractivity contribution in [3.05, 3.63) is 29.8 Å². The number of ether oxygens (including phenoxy) is 1. The van der Waals surface area contributed by atoms with E-state index in [1.165, 1.54) is 40.3 Å². The summed E-state index contributed by atoms with van der Waals surface area (Å²) in [7, 11) is -3.89. The summed E-state index contributed by atoms with van der Waals surface area (Å²) in [6.07, 6.45) is 0. The van der Waals surface area contributed by atoms with Gasteiger partial charge in [-0.2, -0.15) is 16.1 Å². The van der Waals surface area contributed by atoms with Gasteiger partial charge in [0.1, 0.15) is 6.04 Å². The smallest absolute Gasteiger partial charge is 0.338 e. The summed E-state index contributed by atoms with van der Waals surface area (Å²) < 4.78 is 32.5. The molecule has 0 aromatic heterocycles. The maximum Gasteiger partial charge on any atom is 0.338 e. The number of sulfonamides is 1. The zero-order valence-corrected chi connectivity index (χ0v) is 17.4. The van der Waals surface area contributed by atoms with E-state index in [4.69, 9.17) is 4.74 Å². The third-order valence-corrected chi connectivity index (χ3v) is 8.37. The van der Waals surface area contributed by atoms with Gasteiger partial charge in [0.15, 0.2) is 0 Å². The lowest BCUT2D eigenvalue weighted by Gasteiger charge is -2.31. The Balaban J connectivity index is 1.84. The quantitative estimate of drug-likeness (QED) is 0.655. The van der Waals surface area contributed by atoms with E-state index < -0.39 is 22.0 Å². The number of nitrogens with zero attached hydrogens (tertiary/aromatic N) is 2. The Hall–Kier alpha value is -1.23. The first kappa shape index (κ1) is 20.5. The summed E-state index contributed by atoms with van der Waals surface area (Å²) in [5.41, 5.74) is 0.181. The second-order valence-electron chi connectivity index (χ2n) is 6.09. The van der Waals surface area contributed by atoms with Gasteiger partial charge in [0.25, 0.3) is 0 Å². The molecule has 2 aliphatic rings. The van der Waals surface area contributed by atoms with Crippen LogP contribution in [0.1, 0.15) is 17.3 Å². The summed E-state index contributed by atoms with van der Waals surface area (Å²) in [6.45, 7) is 3.20. The van der Waals surface area contributed by atoms with Crippen LogP contribution in [-0.4, -0.2) is 78.4 Å². The molecule has 0 N–H and O–H groups in total. The minimum atomic E-state index is -3.89. The molecule has 2 saturated heterocycles. The molecule has 1 atom stereocenters. The average Bonchev–Trinajstić information content (AvgIpc) is 3.19. The SMILES string of the molecule is CCOC(=O)c1cccc(S(=O)(=O)N2CSCC2C(=O)N2CCSCC2)c1. The molecule has 0 aliphatic carbocycles. The molecule has 0 bridgehead atoms. The molecule has 2 aliphatic heterocycles. The molecule has 10 heteroatoms. The highest BCUT2D eigenvalue weighted by Crippen LogP contribution is 2.30. The minimum Gasteiger partial charge on any atom is -0.462 e. The van der Waals surface area contributed by atoms with Crippen LogP contribution >= 0.6 is 23.5 Å². The molecule has 2 heterocycles. The summed E-state index contributed by atoms with van der Waals surface area (Å²) in [5.74, 6) is 1.72. The highest BCUT2D eigenvalue weighted by Gasteiger charge is 2.42. The van der Waals surface area contributed by atoms with Gasteiger partial charge in [0, 0.05) is 30.3 Å². The summed E-state index contributed by atoms with van der Waals surface area (Å²) in [5, 5.41) is 0. The van der Waals surface area contributed by atoms with Crippen LogP contribution in [0.3, 0.4) is 0 Å². The lowest BCUT2D eigenvalue weighted by Crippen LogP contribution is -2.51. The van der Waals surface area contributed by atoms with Crippen LogP contribution in [0.15, 0.2) is 29.2 Å². The van der Waals surface area contributed by atoms with Crippen LogP contribution in [0.2, 0.25) is 0 Å². The van der Waals surface area contributed by atoms with Gasteiger partial charge >= 0.3 is 5.97 Å². The molecule has 1 unspecified atom stereocenters. The fourth-order valence-corrected chi connectivity index (χ4v) is 7.07. The van der Waals surface area contributed by atoms with Crippen LogP contribution < -0.4 is 0 Å². The van der Waals surface area contributed by atoms with E-state index in [1.54, 1.807) is 23.6 Å². The van der Waals surface area contributed by atoms with Crippen molar-refractivity contribution in [3.63, 3.8) is 0 Å². The number of carbonyl (C=O) groups excluding carboxylic acids is 2. The predicted molar refractivity (Wildman–Crippen MR) is 106 cm³/mol. The first-order valence-corrected chi connectivity index (χ1v) is 12.4. The number of esters is 1. The lowest BCUT2D eigenvalue weighted by atomic mass is 10.2. The fourth-order valence-electron chi connectivity index (χ4n) is 2.99. The van der Waals surface area contributed by atoms with Crippen LogP contribution in [0.5, 0.6) is 0 Å². The average molecular weight is 431 g/mol. The molecule has 1 aromatic rings. The third kappa shape index (κ3) is 4.44. The molecule has 0 saturated carbocycles. The van der Waals surface area contributed by atoms with Crippen molar-refractivity contribution in [3.8, 4) is 0 Å². The Kier molecular flexibility index (Phi) is 6.72. The van der Waals surface area contributed by atoms with Crippen molar-refractivity contribution in [2.45, 2.75) is 17.9 Å². The maximum atomic E-state index is 13.2. The summed E-state index contributed by atoms with van der Waals surface area (Å²) in [4.78, 5) is 26.6. The number of rotatable bonds is 5. The number of thioether (sulfide) groups is 2. The first-order valence-electron chi connectivity index (χ1n) is 8.68. The highest BCUT2D eigenvalue weighted by molar-refractivity contribution is 8.00. The Morgan fingerprint density at radius 3 is 2.67 bits per heavy atom. The first-order chi connectivity index (χ1) is 12.9. The van der Waals surface area contributed by atoms with Crippen molar-refractivity contribution < 1.29 is 22.7 Å². The van der Waals surface area contributed by atoms with Crippen molar-refractivity contribution in [1.82, 2.24) is 9.21 Å². The van der Waals surface area contributed by atoms with Gasteiger partial charge in [-0.05, 0) is 25.1 Å². The van der Waals surface area contributed by atoms with Gasteiger partial charge in [-0.1, -0.05) is 6.07 Å². The van der Waals surface area contributed by atoms with E-state index in [9.17, 15) is 18.0 Å². The second kappa shape index (κ2) is 8.85. The molecule has 7 nitrogen and oxygen atoms in total. The molecule has 27 heavy (non-hydrogen) atoms. The lowest BCUT2D eigenvalue weighted by molar-refractivity contribution is -0.133. The van der Waals surface area contributed by atoms with Gasteiger partial charge in [-0.3, -0.25) is 4.79 Å². The van der Waals surface area contributed by atoms with E-state index in [1.807, 2.05) is 0 Å². The van der Waals surface area contributed by atoms with Gasteiger partial charge in [0.05, 0.1) is 22.9 Å². The van der Waals surface area contributed by atoms with Gasteiger partial charge in [-0.25, -0.2) is 13.2 Å². The molecule has 3 rings (SSSR count). The minimum absolute atomic E-state index is 0.00236. The van der Waals surface area contributed by atoms with E-state index in [0.29, 0.717) is 18.8 Å². The Labute approximate surface area is 167 Å². The Morgan fingerprint density at radius 2 is 1.96 bits per heavy atom. The topological polar surface area (TPSA) is 84.0 Å². The number of carbonyl (C=O) groups is 2. The second-order valence-corrected chi connectivity index (χ2v) is 10.2. The van der Waals surface area contributed by atoms with Crippen LogP contribution in [0, 0.1) is 0 Å². The highest BCUT2D eigenvalue weighted by atomic mass is 32.2. The standard InChI is InChI=1S/C17H22N2O5S3/c1-2-24-17(21)13-4-3-5-14(10-13)27(22,23)19-12-26-11-15(19)16(20)18-6-8-25-9-7-18/h3-5,10,15H,2,6-9,11-12H2,1H3. The maximum absolute atomic E-state index is 13.2. The summed E-state index contributed by atoms with van der Waals surface area (Å²) >= 11 is 3.22. The number of amides is 1. The van der Waals surface area contributed by atoms with Crippen molar-refractivity contribution in [2.24, 2.45) is 0 Å². The molecule has 1 amide bonds. The van der Waals surface area contributed by atoms with Crippen LogP contribution in [-0.2, 0) is 19.6 Å². The van der Waals surface area contributed by atoms with E-state index >= 15 is 0 Å². The number of hydrogen-bond donors (Lipinski definition) is 0. The molecule has 2 fully saturated rings. The fraction of sp³-hybridized carbons (Fsp3) is 0.529. The molecule has 1 aromatic carbocycles. The molecule has 0 radical (unpaired) electrons. The van der Waals surface area contributed by atoms with Gasteiger partial charge in [0.2, 0.25) is 15.9 Å². The van der Waals surface area contributed by atoms with E-state index in [2.05, 4.69) is 0 Å². The molecule has 148 valence electrons. The normalized spacial score (nSPS) is 21.2. The Morgan fingerprint density at radius 1 is 1.22 bits per heavy atom. The molecular formula is C17H22N2O5S3. The zero-order valence-electron chi connectivity index (χ0n) is 15.0. The van der Waals surface area contributed by atoms with E-state index in [0.717, 1.165) is 11.5 Å². The predicted octanol–water partition coefficient (Wildman–Crippen LogP) is 1.50. The number of benzene rings is 1. The largest absolute Gasteiger partial charge is 0.462 e.